The van der Waals surface area contributed by atoms with E-state index in [1.807, 2.05) is 17.7 Å². The zero-order valence-corrected chi connectivity index (χ0v) is 16.2. The van der Waals surface area contributed by atoms with Crippen molar-refractivity contribution in [1.29, 1.82) is 0 Å². The molecule has 0 bridgehead atoms. The number of aromatic nitrogens is 5. The first-order valence-corrected chi connectivity index (χ1v) is 9.36. The molecule has 9 heteroatoms. The Labute approximate surface area is 171 Å². The second-order valence-corrected chi connectivity index (χ2v) is 6.68. The van der Waals surface area contributed by atoms with Gasteiger partial charge in [0.15, 0.2) is 0 Å². The van der Waals surface area contributed by atoms with Gasteiger partial charge in [-0.2, -0.15) is 4.98 Å². The monoisotopic (exact) mass is 406 g/mol. The predicted octanol–water partition coefficient (Wildman–Crippen LogP) is 2.84. The average molecular weight is 406 g/mol. The Morgan fingerprint density at radius 1 is 1.17 bits per heavy atom. The molecule has 0 spiro atoms. The Morgan fingerprint density at radius 3 is 2.70 bits per heavy atom. The lowest BCUT2D eigenvalue weighted by molar-refractivity contribution is -0.121. The second-order valence-electron chi connectivity index (χ2n) is 6.68. The van der Waals surface area contributed by atoms with E-state index in [1.54, 1.807) is 42.9 Å². The molecule has 1 N–H and O–H groups in total. The minimum atomic E-state index is -0.509. The van der Waals surface area contributed by atoms with Crippen LogP contribution in [0.3, 0.4) is 0 Å². The van der Waals surface area contributed by atoms with E-state index in [1.165, 1.54) is 12.1 Å². The Hall–Kier alpha value is -3.88. The van der Waals surface area contributed by atoms with Crippen LogP contribution in [-0.2, 0) is 18.3 Å². The van der Waals surface area contributed by atoms with Crippen LogP contribution in [0.15, 0.2) is 65.6 Å². The van der Waals surface area contributed by atoms with Gasteiger partial charge >= 0.3 is 0 Å². The molecule has 3 aromatic heterocycles. The highest BCUT2D eigenvalue weighted by molar-refractivity contribution is 5.77. The molecular formula is C21H19FN6O2. The molecule has 1 aromatic carbocycles. The average Bonchev–Trinajstić information content (AvgIpc) is 3.41. The molecule has 0 aliphatic rings. The number of hydrogen-bond donors (Lipinski definition) is 1. The molecule has 4 rings (SSSR count). The number of pyridine rings is 1. The Kier molecular flexibility index (Phi) is 5.60. The summed E-state index contributed by atoms with van der Waals surface area (Å²) in [5, 5.41) is 6.86. The van der Waals surface area contributed by atoms with Gasteiger partial charge in [0.1, 0.15) is 23.4 Å². The minimum absolute atomic E-state index is 0.145. The number of imidazole rings is 1. The molecule has 1 unspecified atom stereocenters. The Morgan fingerprint density at radius 2 is 2.00 bits per heavy atom. The van der Waals surface area contributed by atoms with E-state index in [2.05, 4.69) is 25.4 Å². The Bertz CT molecular complexity index is 1120. The van der Waals surface area contributed by atoms with Crippen molar-refractivity contribution in [2.75, 3.05) is 0 Å². The normalized spacial score (nSPS) is 11.9. The van der Waals surface area contributed by atoms with E-state index in [0.29, 0.717) is 23.2 Å². The summed E-state index contributed by atoms with van der Waals surface area (Å²) in [4.78, 5) is 25.4. The first-order chi connectivity index (χ1) is 14.6. The molecule has 8 nitrogen and oxygen atoms in total. The summed E-state index contributed by atoms with van der Waals surface area (Å²) in [5.41, 5.74) is 1.33. The Balaban J connectivity index is 1.44. The highest BCUT2D eigenvalue weighted by atomic mass is 19.1. The van der Waals surface area contributed by atoms with Gasteiger partial charge in [0.05, 0.1) is 0 Å². The van der Waals surface area contributed by atoms with Crippen LogP contribution in [0.2, 0.25) is 0 Å². The number of hydrogen-bond acceptors (Lipinski definition) is 6. The zero-order chi connectivity index (χ0) is 20.9. The number of benzene rings is 1. The van der Waals surface area contributed by atoms with E-state index in [0.717, 1.165) is 5.56 Å². The van der Waals surface area contributed by atoms with Crippen LogP contribution in [0.5, 0.6) is 0 Å². The van der Waals surface area contributed by atoms with Crippen molar-refractivity contribution in [3.63, 3.8) is 0 Å². The van der Waals surface area contributed by atoms with E-state index in [9.17, 15) is 9.18 Å². The molecule has 1 atom stereocenters. The van der Waals surface area contributed by atoms with Crippen LogP contribution in [0.4, 0.5) is 4.39 Å². The molecule has 0 aliphatic carbocycles. The summed E-state index contributed by atoms with van der Waals surface area (Å²) in [6, 6.07) is 10.9. The van der Waals surface area contributed by atoms with Crippen molar-refractivity contribution in [1.82, 2.24) is 30.0 Å². The molecule has 0 saturated heterocycles. The van der Waals surface area contributed by atoms with Crippen LogP contribution < -0.4 is 5.32 Å². The highest BCUT2D eigenvalue weighted by Gasteiger charge is 2.21. The van der Waals surface area contributed by atoms with Gasteiger partial charge in [0.2, 0.25) is 17.6 Å². The smallest absolute Gasteiger partial charge is 0.227 e. The summed E-state index contributed by atoms with van der Waals surface area (Å²) in [6.07, 6.45) is 5.51. The van der Waals surface area contributed by atoms with Crippen LogP contribution in [0.25, 0.3) is 11.5 Å². The fourth-order valence-electron chi connectivity index (χ4n) is 3.02. The maximum Gasteiger partial charge on any atom is 0.227 e. The topological polar surface area (TPSA) is 98.7 Å². The number of carbonyl (C=O) groups excluding carboxylic acids is 1. The van der Waals surface area contributed by atoms with Crippen LogP contribution >= 0.6 is 0 Å². The lowest BCUT2D eigenvalue weighted by Gasteiger charge is -2.19. The summed E-state index contributed by atoms with van der Waals surface area (Å²) < 4.78 is 20.4. The molecule has 152 valence electrons. The van der Waals surface area contributed by atoms with Gasteiger partial charge in [-0.15, -0.1) is 0 Å². The van der Waals surface area contributed by atoms with E-state index < -0.39 is 6.04 Å². The van der Waals surface area contributed by atoms with Gasteiger partial charge in [-0.1, -0.05) is 23.4 Å². The van der Waals surface area contributed by atoms with Crippen molar-refractivity contribution in [2.24, 2.45) is 7.05 Å². The molecule has 0 aliphatic heterocycles. The van der Waals surface area contributed by atoms with Crippen LogP contribution in [-0.4, -0.2) is 30.6 Å². The number of aryl methyl sites for hydroxylation is 2. The SMILES string of the molecule is Cn1ccnc1C(NC(=O)CCc1nc(-c2ccccn2)no1)c1ccc(F)cc1. The number of carbonyl (C=O) groups is 1. The third kappa shape index (κ3) is 4.40. The fourth-order valence-corrected chi connectivity index (χ4v) is 3.02. The van der Waals surface area contributed by atoms with Gasteiger partial charge < -0.3 is 14.4 Å². The van der Waals surface area contributed by atoms with Gasteiger partial charge in [0, 0.05) is 38.5 Å². The van der Waals surface area contributed by atoms with E-state index in [4.69, 9.17) is 4.52 Å². The molecule has 0 radical (unpaired) electrons. The first kappa shape index (κ1) is 19.4. The molecule has 30 heavy (non-hydrogen) atoms. The zero-order valence-electron chi connectivity index (χ0n) is 16.2. The number of amides is 1. The first-order valence-electron chi connectivity index (χ1n) is 9.36. The number of nitrogens with zero attached hydrogens (tertiary/aromatic N) is 5. The standard InChI is InChI=1S/C21H19FN6O2/c1-28-13-12-24-21(28)19(14-5-7-15(22)8-6-14)25-17(29)9-10-18-26-20(27-30-18)16-4-2-3-11-23-16/h2-8,11-13,19H,9-10H2,1H3,(H,25,29). The summed E-state index contributed by atoms with van der Waals surface area (Å²) in [6.45, 7) is 0. The van der Waals surface area contributed by atoms with Gasteiger partial charge in [-0.25, -0.2) is 9.37 Å². The summed E-state index contributed by atoms with van der Waals surface area (Å²) in [7, 11) is 1.84. The maximum atomic E-state index is 13.3. The van der Waals surface area contributed by atoms with Crippen molar-refractivity contribution in [2.45, 2.75) is 18.9 Å². The summed E-state index contributed by atoms with van der Waals surface area (Å²) >= 11 is 0. The fraction of sp³-hybridized carbons (Fsp3) is 0.190. The lowest BCUT2D eigenvalue weighted by atomic mass is 10.1. The number of nitrogens with one attached hydrogen (secondary N) is 1. The second kappa shape index (κ2) is 8.64. The van der Waals surface area contributed by atoms with E-state index >= 15 is 0 Å². The quantitative estimate of drug-likeness (QED) is 0.507. The van der Waals surface area contributed by atoms with Crippen molar-refractivity contribution in [3.05, 3.63) is 84.2 Å². The molecule has 0 saturated carbocycles. The third-order valence-corrected chi connectivity index (χ3v) is 4.55. The summed E-state index contributed by atoms with van der Waals surface area (Å²) in [5.74, 6) is 0.809. The van der Waals surface area contributed by atoms with Crippen molar-refractivity contribution < 1.29 is 13.7 Å². The molecule has 0 fully saturated rings. The van der Waals surface area contributed by atoms with Crippen LogP contribution in [0, 0.1) is 5.82 Å². The highest BCUT2D eigenvalue weighted by Crippen LogP contribution is 2.21. The van der Waals surface area contributed by atoms with Gasteiger partial charge in [-0.3, -0.25) is 9.78 Å². The van der Waals surface area contributed by atoms with Crippen LogP contribution in [0.1, 0.15) is 29.7 Å². The molecular weight excluding hydrogens is 387 g/mol. The van der Waals surface area contributed by atoms with Gasteiger partial charge in [-0.05, 0) is 29.8 Å². The molecule has 1 amide bonds. The molecule has 4 aromatic rings. The van der Waals surface area contributed by atoms with Crippen molar-refractivity contribution >= 4 is 5.91 Å². The van der Waals surface area contributed by atoms with E-state index in [-0.39, 0.29) is 24.6 Å². The minimum Gasteiger partial charge on any atom is -0.342 e. The predicted molar refractivity (Wildman–Crippen MR) is 105 cm³/mol. The maximum absolute atomic E-state index is 13.3. The third-order valence-electron chi connectivity index (χ3n) is 4.55. The number of rotatable bonds is 7. The van der Waals surface area contributed by atoms with Gasteiger partial charge in [0.25, 0.3) is 0 Å². The number of halogens is 1. The lowest BCUT2D eigenvalue weighted by Crippen LogP contribution is -2.31. The largest absolute Gasteiger partial charge is 0.342 e. The van der Waals surface area contributed by atoms with Crippen molar-refractivity contribution in [3.8, 4) is 11.5 Å². The molecule has 3 heterocycles.